The molecule has 132 valence electrons. The van der Waals surface area contributed by atoms with Gasteiger partial charge in [0.2, 0.25) is 0 Å². The van der Waals surface area contributed by atoms with Crippen molar-refractivity contribution in [1.82, 2.24) is 0 Å². The minimum Gasteiger partial charge on any atom is -0.480 e. The van der Waals surface area contributed by atoms with Gasteiger partial charge in [-0.3, -0.25) is 9.59 Å². The van der Waals surface area contributed by atoms with Gasteiger partial charge in [-0.15, -0.1) is 22.5 Å². The molecular weight excluding hydrogens is 340 g/mol. The third kappa shape index (κ3) is 4.89. The van der Waals surface area contributed by atoms with Crippen molar-refractivity contribution < 1.29 is 38.8 Å². The summed E-state index contributed by atoms with van der Waals surface area (Å²) >= 11 is 0. The molecule has 0 aromatic rings. The van der Waals surface area contributed by atoms with E-state index in [0.29, 0.717) is 0 Å². The Morgan fingerprint density at radius 1 is 1.30 bits per heavy atom. The van der Waals surface area contributed by atoms with Crippen LogP contribution in [0.15, 0.2) is 0 Å². The van der Waals surface area contributed by atoms with Gasteiger partial charge in [0.1, 0.15) is 18.2 Å². The van der Waals surface area contributed by atoms with Gasteiger partial charge < -0.3 is 29.9 Å². The standard InChI is InChI=1S/C11H16N2O9.ClH/c12-5(11(15)16)1-2-8(14)21-6-3-19-10-7(22-13(17)18)4-20-9(6)10;/h5-7,9-10H,1-4,12H2,(H,15,16);1H/t5-,6-,7+,9-,10+;/m0./s1. The van der Waals surface area contributed by atoms with Crippen molar-refractivity contribution in [3.63, 3.8) is 0 Å². The molecule has 2 saturated heterocycles. The van der Waals surface area contributed by atoms with Gasteiger partial charge in [0.25, 0.3) is 5.09 Å². The van der Waals surface area contributed by atoms with Crippen molar-refractivity contribution in [2.75, 3.05) is 13.2 Å². The molecule has 0 saturated carbocycles. The van der Waals surface area contributed by atoms with E-state index in [1.807, 2.05) is 0 Å². The lowest BCUT2D eigenvalue weighted by Gasteiger charge is -2.17. The number of carboxylic acid groups (broad SMARTS) is 1. The zero-order valence-electron chi connectivity index (χ0n) is 11.9. The highest BCUT2D eigenvalue weighted by Gasteiger charge is 2.51. The van der Waals surface area contributed by atoms with E-state index >= 15 is 0 Å². The van der Waals surface area contributed by atoms with Crippen LogP contribution in [0.3, 0.4) is 0 Å². The summed E-state index contributed by atoms with van der Waals surface area (Å²) < 4.78 is 15.8. The van der Waals surface area contributed by atoms with E-state index in [1.165, 1.54) is 0 Å². The molecule has 0 radical (unpaired) electrons. The van der Waals surface area contributed by atoms with E-state index in [4.69, 9.17) is 25.1 Å². The summed E-state index contributed by atoms with van der Waals surface area (Å²) in [6, 6.07) is -1.14. The number of aliphatic carboxylic acids is 1. The van der Waals surface area contributed by atoms with E-state index in [1.54, 1.807) is 0 Å². The topological polar surface area (TPSA) is 160 Å². The van der Waals surface area contributed by atoms with E-state index in [0.717, 1.165) is 0 Å². The molecule has 5 atom stereocenters. The third-order valence-corrected chi connectivity index (χ3v) is 3.44. The lowest BCUT2D eigenvalue weighted by atomic mass is 10.1. The quantitative estimate of drug-likeness (QED) is 0.325. The molecule has 23 heavy (non-hydrogen) atoms. The van der Waals surface area contributed by atoms with Crippen LogP contribution < -0.4 is 5.73 Å². The molecule has 11 nitrogen and oxygen atoms in total. The number of nitrogens with zero attached hydrogens (tertiary/aromatic N) is 1. The second-order valence-electron chi connectivity index (χ2n) is 4.98. The number of fused-ring (bicyclic) bond motifs is 1. The summed E-state index contributed by atoms with van der Waals surface area (Å²) in [7, 11) is 0. The smallest absolute Gasteiger partial charge is 0.320 e. The molecule has 0 bridgehead atoms. The van der Waals surface area contributed by atoms with E-state index in [-0.39, 0.29) is 38.5 Å². The fourth-order valence-corrected chi connectivity index (χ4v) is 2.36. The van der Waals surface area contributed by atoms with Gasteiger partial charge in [-0.1, -0.05) is 0 Å². The number of carbonyl (C=O) groups is 2. The minimum absolute atomic E-state index is 0. The number of nitrogens with two attached hydrogens (primary N) is 1. The van der Waals surface area contributed by atoms with Crippen LogP contribution in [0.5, 0.6) is 0 Å². The van der Waals surface area contributed by atoms with Crippen molar-refractivity contribution in [2.45, 2.75) is 43.3 Å². The highest BCUT2D eigenvalue weighted by molar-refractivity contribution is 5.85. The average molecular weight is 357 g/mol. The van der Waals surface area contributed by atoms with E-state index < -0.39 is 47.5 Å². The molecule has 2 fully saturated rings. The van der Waals surface area contributed by atoms with Crippen molar-refractivity contribution in [1.29, 1.82) is 0 Å². The SMILES string of the molecule is Cl.N[C@@H](CCC(=O)O[C@H]1CO[C@H]2[C@H]1OC[C@H]2O[N+](=O)[O-])C(=O)O. The van der Waals surface area contributed by atoms with Crippen molar-refractivity contribution >= 4 is 24.3 Å². The predicted octanol–water partition coefficient (Wildman–Crippen LogP) is -1.11. The summed E-state index contributed by atoms with van der Waals surface area (Å²) in [5.41, 5.74) is 5.29. The van der Waals surface area contributed by atoms with Crippen LogP contribution in [0.2, 0.25) is 0 Å². The first-order chi connectivity index (χ1) is 10.4. The van der Waals surface area contributed by atoms with Gasteiger partial charge in [-0.2, -0.15) is 0 Å². The number of hydrogen-bond donors (Lipinski definition) is 2. The van der Waals surface area contributed by atoms with Crippen molar-refractivity contribution in [3.05, 3.63) is 10.1 Å². The van der Waals surface area contributed by atoms with Crippen LogP contribution in [0.1, 0.15) is 12.8 Å². The largest absolute Gasteiger partial charge is 0.480 e. The first-order valence-electron chi connectivity index (χ1n) is 6.60. The van der Waals surface area contributed by atoms with Crippen LogP contribution in [0.4, 0.5) is 0 Å². The zero-order chi connectivity index (χ0) is 16.3. The monoisotopic (exact) mass is 356 g/mol. The lowest BCUT2D eigenvalue weighted by molar-refractivity contribution is -0.769. The molecular formula is C11H17ClN2O9. The maximum absolute atomic E-state index is 11.7. The van der Waals surface area contributed by atoms with E-state index in [2.05, 4.69) is 4.84 Å². The van der Waals surface area contributed by atoms with Crippen LogP contribution >= 0.6 is 12.4 Å². The molecule has 0 unspecified atom stereocenters. The Kier molecular flexibility index (Phi) is 6.94. The molecule has 2 aliphatic heterocycles. The highest BCUT2D eigenvalue weighted by Crippen LogP contribution is 2.30. The summed E-state index contributed by atoms with van der Waals surface area (Å²) in [5.74, 6) is -1.83. The fraction of sp³-hybridized carbons (Fsp3) is 0.818. The Balaban J connectivity index is 0.00000264. The Hall–Kier alpha value is -1.69. The summed E-state index contributed by atoms with van der Waals surface area (Å²) in [5, 5.41) is 18.0. The van der Waals surface area contributed by atoms with Gasteiger partial charge in [-0.05, 0) is 6.42 Å². The van der Waals surface area contributed by atoms with Gasteiger partial charge in [-0.25, -0.2) is 0 Å². The number of ether oxygens (including phenoxy) is 3. The second-order valence-corrected chi connectivity index (χ2v) is 4.98. The zero-order valence-corrected chi connectivity index (χ0v) is 12.7. The number of carbonyl (C=O) groups excluding carboxylic acids is 1. The van der Waals surface area contributed by atoms with E-state index in [9.17, 15) is 19.7 Å². The molecule has 2 aliphatic rings. The maximum atomic E-state index is 11.7. The van der Waals surface area contributed by atoms with Gasteiger partial charge in [0, 0.05) is 6.42 Å². The summed E-state index contributed by atoms with van der Waals surface area (Å²) in [6.45, 7) is -0.00210. The van der Waals surface area contributed by atoms with Gasteiger partial charge in [0.05, 0.1) is 13.2 Å². The number of rotatable bonds is 7. The van der Waals surface area contributed by atoms with Crippen LogP contribution in [0, 0.1) is 10.1 Å². The second kappa shape index (κ2) is 8.24. The number of esters is 1. The molecule has 2 heterocycles. The molecule has 0 aliphatic carbocycles. The molecule has 12 heteroatoms. The lowest BCUT2D eigenvalue weighted by Crippen LogP contribution is -2.36. The van der Waals surface area contributed by atoms with Crippen LogP contribution in [0.25, 0.3) is 0 Å². The van der Waals surface area contributed by atoms with Crippen molar-refractivity contribution in [2.24, 2.45) is 5.73 Å². The Morgan fingerprint density at radius 2 is 1.87 bits per heavy atom. The highest BCUT2D eigenvalue weighted by atomic mass is 35.5. The average Bonchev–Trinajstić information content (AvgIpc) is 3.00. The molecule has 0 aromatic carbocycles. The van der Waals surface area contributed by atoms with Crippen LogP contribution in [-0.2, 0) is 28.6 Å². The Morgan fingerprint density at radius 3 is 2.43 bits per heavy atom. The predicted molar refractivity (Wildman–Crippen MR) is 73.3 cm³/mol. The number of halogens is 1. The van der Waals surface area contributed by atoms with Gasteiger partial charge in [0.15, 0.2) is 12.2 Å². The fourth-order valence-electron chi connectivity index (χ4n) is 2.36. The van der Waals surface area contributed by atoms with Crippen LogP contribution in [-0.4, -0.2) is 65.8 Å². The summed E-state index contributed by atoms with van der Waals surface area (Å²) in [4.78, 5) is 37.0. The number of hydrogen-bond acceptors (Lipinski definition) is 9. The Bertz CT molecular complexity index is 463. The number of carboxylic acids is 1. The Labute approximate surface area is 136 Å². The minimum atomic E-state index is -1.20. The molecule has 3 N–H and O–H groups in total. The molecule has 0 amide bonds. The molecule has 0 aromatic heterocycles. The maximum Gasteiger partial charge on any atom is 0.320 e. The third-order valence-electron chi connectivity index (χ3n) is 3.44. The first kappa shape index (κ1) is 19.4. The molecule has 2 rings (SSSR count). The summed E-state index contributed by atoms with van der Waals surface area (Å²) in [6.07, 6.45) is -3.09. The normalized spacial score (nSPS) is 30.0. The van der Waals surface area contributed by atoms with Gasteiger partial charge >= 0.3 is 11.9 Å². The first-order valence-corrected chi connectivity index (χ1v) is 6.60. The molecule has 0 spiro atoms. The van der Waals surface area contributed by atoms with Crippen molar-refractivity contribution in [3.8, 4) is 0 Å².